The third kappa shape index (κ3) is 4.20. The number of carbonyl (C=O) groups excluding carboxylic acids is 2. The van der Waals surface area contributed by atoms with Crippen molar-refractivity contribution in [3.8, 4) is 0 Å². The molecule has 2 N–H and O–H groups in total. The van der Waals surface area contributed by atoms with Crippen molar-refractivity contribution in [2.45, 2.75) is 19.5 Å². The highest BCUT2D eigenvalue weighted by molar-refractivity contribution is 6.31. The summed E-state index contributed by atoms with van der Waals surface area (Å²) in [5.74, 6) is -0.318. The lowest BCUT2D eigenvalue weighted by Crippen LogP contribution is -2.22. The van der Waals surface area contributed by atoms with Gasteiger partial charge in [0, 0.05) is 33.2 Å². The summed E-state index contributed by atoms with van der Waals surface area (Å²) in [6.45, 7) is 2.42. The summed E-state index contributed by atoms with van der Waals surface area (Å²) < 4.78 is 1.95. The lowest BCUT2D eigenvalue weighted by atomic mass is 10.0. The Balaban J connectivity index is 1.39. The van der Waals surface area contributed by atoms with E-state index in [9.17, 15) is 9.59 Å². The van der Waals surface area contributed by atoms with Gasteiger partial charge in [0.2, 0.25) is 0 Å². The van der Waals surface area contributed by atoms with Gasteiger partial charge in [-0.3, -0.25) is 9.59 Å². The number of hydrogen-bond donors (Lipinski definition) is 2. The molecule has 7 heteroatoms. The van der Waals surface area contributed by atoms with E-state index in [0.717, 1.165) is 22.5 Å². The maximum absolute atomic E-state index is 13.5. The van der Waals surface area contributed by atoms with Crippen molar-refractivity contribution < 1.29 is 9.59 Å². The van der Waals surface area contributed by atoms with Crippen LogP contribution in [0.4, 0.5) is 11.4 Å². The minimum atomic E-state index is -0.590. The number of aryl methyl sites for hydroxylation is 1. The minimum absolute atomic E-state index is 0.0841. The van der Waals surface area contributed by atoms with Crippen LogP contribution in [-0.4, -0.2) is 16.3 Å². The van der Waals surface area contributed by atoms with Gasteiger partial charge in [0.1, 0.15) is 11.2 Å². The van der Waals surface area contributed by atoms with Crippen molar-refractivity contribution in [2.24, 2.45) is 0 Å². The highest BCUT2D eigenvalue weighted by Crippen LogP contribution is 2.33. The molecule has 1 aromatic heterocycles. The van der Waals surface area contributed by atoms with E-state index in [-0.39, 0.29) is 11.7 Å². The molecule has 0 saturated carbocycles. The monoisotopic (exact) mass is 489 g/mol. The molecule has 0 saturated heterocycles. The first-order valence-corrected chi connectivity index (χ1v) is 11.6. The Bertz CT molecular complexity index is 1410. The summed E-state index contributed by atoms with van der Waals surface area (Å²) in [5.41, 5.74) is 5.24. The first kappa shape index (κ1) is 22.3. The number of fused-ring (bicyclic) bond motifs is 2. The fourth-order valence-corrected chi connectivity index (χ4v) is 4.69. The average molecular weight is 490 g/mol. The van der Waals surface area contributed by atoms with E-state index in [1.807, 2.05) is 47.9 Å². The quantitative estimate of drug-likeness (QED) is 0.311. The van der Waals surface area contributed by atoms with Crippen molar-refractivity contribution >= 4 is 46.3 Å². The number of benzene rings is 3. The van der Waals surface area contributed by atoms with E-state index in [1.165, 1.54) is 0 Å². The third-order valence-electron chi connectivity index (χ3n) is 6.03. The summed E-state index contributed by atoms with van der Waals surface area (Å²) in [4.78, 5) is 26.2. The second-order valence-electron chi connectivity index (χ2n) is 8.26. The number of rotatable bonds is 4. The lowest BCUT2D eigenvalue weighted by molar-refractivity contribution is 0.0966. The van der Waals surface area contributed by atoms with Crippen molar-refractivity contribution in [2.75, 3.05) is 10.6 Å². The lowest BCUT2D eigenvalue weighted by Gasteiger charge is -2.18. The molecule has 0 bridgehead atoms. The minimum Gasteiger partial charge on any atom is -0.370 e. The van der Waals surface area contributed by atoms with Gasteiger partial charge in [0.05, 0.1) is 6.54 Å². The first-order chi connectivity index (χ1) is 16.4. The molecule has 3 aromatic carbocycles. The SMILES string of the molecule is Cc1cc(Cl)ccc1C(=O)Nc1ccc(C(=O)C2Nc3ccccc3Cn3c(Cl)ccc32)cc1. The number of hydrogen-bond acceptors (Lipinski definition) is 3. The van der Waals surface area contributed by atoms with Gasteiger partial charge in [-0.1, -0.05) is 41.4 Å². The summed E-state index contributed by atoms with van der Waals surface area (Å²) in [5, 5.41) is 7.44. The molecular weight excluding hydrogens is 469 g/mol. The highest BCUT2D eigenvalue weighted by atomic mass is 35.5. The normalized spacial score (nSPS) is 14.4. The van der Waals surface area contributed by atoms with Gasteiger partial charge in [-0.15, -0.1) is 0 Å². The molecule has 34 heavy (non-hydrogen) atoms. The molecule has 1 amide bonds. The predicted molar refractivity (Wildman–Crippen MR) is 136 cm³/mol. The van der Waals surface area contributed by atoms with Gasteiger partial charge in [-0.2, -0.15) is 0 Å². The number of nitrogens with zero attached hydrogens (tertiary/aromatic N) is 1. The van der Waals surface area contributed by atoms with Crippen LogP contribution in [-0.2, 0) is 6.54 Å². The fraction of sp³-hybridized carbons (Fsp3) is 0.111. The van der Waals surface area contributed by atoms with Crippen LogP contribution in [0.15, 0.2) is 78.9 Å². The molecular formula is C27H21Cl2N3O2. The van der Waals surface area contributed by atoms with Crippen LogP contribution in [0.25, 0.3) is 0 Å². The second-order valence-corrected chi connectivity index (χ2v) is 9.08. The van der Waals surface area contributed by atoms with Crippen LogP contribution < -0.4 is 10.6 Å². The first-order valence-electron chi connectivity index (χ1n) is 10.8. The molecule has 1 atom stereocenters. The molecule has 0 spiro atoms. The second kappa shape index (κ2) is 9.01. The van der Waals surface area contributed by atoms with E-state index in [4.69, 9.17) is 23.2 Å². The van der Waals surface area contributed by atoms with Crippen LogP contribution in [0.2, 0.25) is 10.2 Å². The number of para-hydroxylation sites is 1. The van der Waals surface area contributed by atoms with Gasteiger partial charge < -0.3 is 15.2 Å². The summed E-state index contributed by atoms with van der Waals surface area (Å²) in [6, 6.07) is 23.0. The highest BCUT2D eigenvalue weighted by Gasteiger charge is 2.29. The Morgan fingerprint density at radius 2 is 1.74 bits per heavy atom. The number of ketones is 1. The van der Waals surface area contributed by atoms with Crippen LogP contribution in [0.1, 0.15) is 43.6 Å². The molecule has 0 aliphatic carbocycles. The average Bonchev–Trinajstić information content (AvgIpc) is 3.08. The summed E-state index contributed by atoms with van der Waals surface area (Å²) >= 11 is 12.4. The molecule has 2 heterocycles. The smallest absolute Gasteiger partial charge is 0.255 e. The van der Waals surface area contributed by atoms with E-state index in [0.29, 0.717) is 33.5 Å². The van der Waals surface area contributed by atoms with E-state index in [1.54, 1.807) is 42.5 Å². The third-order valence-corrected chi connectivity index (χ3v) is 6.59. The summed E-state index contributed by atoms with van der Waals surface area (Å²) in [7, 11) is 0. The van der Waals surface area contributed by atoms with E-state index >= 15 is 0 Å². The van der Waals surface area contributed by atoms with Gasteiger partial charge in [-0.05, 0) is 78.7 Å². The topological polar surface area (TPSA) is 63.1 Å². The van der Waals surface area contributed by atoms with Crippen molar-refractivity contribution in [1.29, 1.82) is 0 Å². The number of Topliss-reactive ketones (excluding diaryl/α,β-unsaturated/α-hetero) is 1. The molecule has 1 aliphatic rings. The number of anilines is 2. The van der Waals surface area contributed by atoms with E-state index in [2.05, 4.69) is 10.6 Å². The van der Waals surface area contributed by atoms with Crippen LogP contribution in [0.3, 0.4) is 0 Å². The van der Waals surface area contributed by atoms with Gasteiger partial charge >= 0.3 is 0 Å². The van der Waals surface area contributed by atoms with Crippen LogP contribution >= 0.6 is 23.2 Å². The largest absolute Gasteiger partial charge is 0.370 e. The number of carbonyl (C=O) groups is 2. The molecule has 1 aliphatic heterocycles. The molecule has 5 rings (SSSR count). The zero-order valence-corrected chi connectivity index (χ0v) is 19.8. The maximum atomic E-state index is 13.5. The number of aromatic nitrogens is 1. The van der Waals surface area contributed by atoms with Gasteiger partial charge in [-0.25, -0.2) is 0 Å². The van der Waals surface area contributed by atoms with Gasteiger partial charge in [0.15, 0.2) is 5.78 Å². The Morgan fingerprint density at radius 3 is 2.50 bits per heavy atom. The Labute approximate surface area is 207 Å². The standard InChI is InChI=1S/C27H21Cl2N3O2/c1-16-14-19(28)8-11-21(16)27(34)30-20-9-6-17(7-10-20)26(33)25-23-12-13-24(29)32(23)15-18-4-2-3-5-22(18)31-25/h2-14,25,31H,15H2,1H3,(H,30,34). The fourth-order valence-electron chi connectivity index (χ4n) is 4.24. The Morgan fingerprint density at radius 1 is 0.971 bits per heavy atom. The van der Waals surface area contributed by atoms with Crippen molar-refractivity contribution in [1.82, 2.24) is 4.57 Å². The zero-order valence-electron chi connectivity index (χ0n) is 18.3. The molecule has 0 fully saturated rings. The van der Waals surface area contributed by atoms with E-state index < -0.39 is 6.04 Å². The molecule has 1 unspecified atom stereocenters. The molecule has 0 radical (unpaired) electrons. The molecule has 170 valence electrons. The number of nitrogens with one attached hydrogen (secondary N) is 2. The molecule has 4 aromatic rings. The number of halogens is 2. The maximum Gasteiger partial charge on any atom is 0.255 e. The predicted octanol–water partition coefficient (Wildman–Crippen LogP) is 6.75. The number of amides is 1. The van der Waals surface area contributed by atoms with Crippen molar-refractivity contribution in [3.05, 3.63) is 117 Å². The Hall–Kier alpha value is -3.54. The molecule has 5 nitrogen and oxygen atoms in total. The van der Waals surface area contributed by atoms with Crippen molar-refractivity contribution in [3.63, 3.8) is 0 Å². The van der Waals surface area contributed by atoms with Crippen LogP contribution in [0, 0.1) is 6.92 Å². The summed E-state index contributed by atoms with van der Waals surface area (Å²) in [6.07, 6.45) is 0. The van der Waals surface area contributed by atoms with Gasteiger partial charge in [0.25, 0.3) is 5.91 Å². The zero-order chi connectivity index (χ0) is 23.8. The Kier molecular flexibility index (Phi) is 5.90. The van der Waals surface area contributed by atoms with Crippen LogP contribution in [0.5, 0.6) is 0 Å².